The molecule has 8 heteroatoms. The zero-order chi connectivity index (χ0) is 16.4. The quantitative estimate of drug-likeness (QED) is 0.813. The number of fused-ring (bicyclic) bond motifs is 1. The molecule has 0 aliphatic carbocycles. The van der Waals surface area contributed by atoms with Gasteiger partial charge in [-0.2, -0.15) is 0 Å². The molecule has 4 rings (SSSR count). The Kier molecular flexibility index (Phi) is 4.14. The van der Waals surface area contributed by atoms with Crippen LogP contribution in [0.4, 0.5) is 5.69 Å². The average Bonchev–Trinajstić information content (AvgIpc) is 3.27. The fourth-order valence-electron chi connectivity index (χ4n) is 2.82. The van der Waals surface area contributed by atoms with Crippen molar-refractivity contribution in [3.05, 3.63) is 36.2 Å². The Labute approximate surface area is 138 Å². The van der Waals surface area contributed by atoms with E-state index in [9.17, 15) is 4.79 Å². The predicted octanol–water partition coefficient (Wildman–Crippen LogP) is 0.967. The van der Waals surface area contributed by atoms with E-state index in [1.165, 1.54) is 0 Å². The molecule has 24 heavy (non-hydrogen) atoms. The van der Waals surface area contributed by atoms with Crippen molar-refractivity contribution in [3.63, 3.8) is 0 Å². The molecule has 1 saturated heterocycles. The minimum absolute atomic E-state index is 0.0432. The summed E-state index contributed by atoms with van der Waals surface area (Å²) in [6.45, 7) is 2.36. The molecule has 2 aliphatic heterocycles. The minimum atomic E-state index is -0.162. The zero-order valence-corrected chi connectivity index (χ0v) is 13.1. The molecule has 2 aromatic rings. The number of para-hydroxylation sites is 2. The highest BCUT2D eigenvalue weighted by Crippen LogP contribution is 2.32. The summed E-state index contributed by atoms with van der Waals surface area (Å²) in [6.07, 6.45) is 2.41. The number of aryl methyl sites for hydroxylation is 1. The molecule has 0 radical (unpaired) electrons. The SMILES string of the molecule is O=C1COc2ccccc2N1Cc1cn(CCC2OCCO2)nn1. The van der Waals surface area contributed by atoms with E-state index in [0.29, 0.717) is 32.1 Å². The highest BCUT2D eigenvalue weighted by atomic mass is 16.7. The van der Waals surface area contributed by atoms with Crippen LogP contribution in [0.3, 0.4) is 0 Å². The van der Waals surface area contributed by atoms with Crippen LogP contribution < -0.4 is 9.64 Å². The van der Waals surface area contributed by atoms with Gasteiger partial charge in [0.15, 0.2) is 12.9 Å². The van der Waals surface area contributed by atoms with Gasteiger partial charge in [-0.1, -0.05) is 17.3 Å². The molecule has 1 aromatic carbocycles. The van der Waals surface area contributed by atoms with Gasteiger partial charge in [0.25, 0.3) is 5.91 Å². The molecule has 0 saturated carbocycles. The summed E-state index contributed by atoms with van der Waals surface area (Å²) in [7, 11) is 0. The van der Waals surface area contributed by atoms with Crippen LogP contribution in [0.5, 0.6) is 5.75 Å². The first-order chi connectivity index (χ1) is 11.8. The largest absolute Gasteiger partial charge is 0.482 e. The molecule has 0 unspecified atom stereocenters. The van der Waals surface area contributed by atoms with Gasteiger partial charge in [-0.3, -0.25) is 14.4 Å². The van der Waals surface area contributed by atoms with Crippen molar-refractivity contribution < 1.29 is 19.0 Å². The Balaban J connectivity index is 1.43. The summed E-state index contributed by atoms with van der Waals surface area (Å²) in [6, 6.07) is 7.49. The highest BCUT2D eigenvalue weighted by Gasteiger charge is 2.26. The standard InChI is InChI=1S/C16H18N4O4/c21-15-11-24-14-4-2-1-3-13(14)20(15)10-12-9-19(18-17-12)6-5-16-22-7-8-23-16/h1-4,9,16H,5-8,10-11H2. The van der Waals surface area contributed by atoms with Gasteiger partial charge in [-0.15, -0.1) is 5.10 Å². The molecule has 3 heterocycles. The van der Waals surface area contributed by atoms with Gasteiger partial charge in [0.2, 0.25) is 0 Å². The molecule has 1 amide bonds. The number of nitrogens with zero attached hydrogens (tertiary/aromatic N) is 4. The van der Waals surface area contributed by atoms with E-state index in [2.05, 4.69) is 10.3 Å². The third-order valence-electron chi connectivity index (χ3n) is 4.00. The number of ether oxygens (including phenoxy) is 3. The lowest BCUT2D eigenvalue weighted by Gasteiger charge is -2.28. The molecule has 2 aliphatic rings. The summed E-state index contributed by atoms with van der Waals surface area (Å²) in [5.74, 6) is 0.621. The van der Waals surface area contributed by atoms with Crippen molar-refractivity contribution in [2.45, 2.75) is 25.8 Å². The number of carbonyl (C=O) groups is 1. The molecule has 8 nitrogen and oxygen atoms in total. The fourth-order valence-corrected chi connectivity index (χ4v) is 2.82. The Morgan fingerprint density at radius 3 is 2.92 bits per heavy atom. The van der Waals surface area contributed by atoms with E-state index < -0.39 is 0 Å². The molecule has 1 fully saturated rings. The van der Waals surface area contributed by atoms with Crippen molar-refractivity contribution >= 4 is 11.6 Å². The van der Waals surface area contributed by atoms with E-state index >= 15 is 0 Å². The number of anilines is 1. The van der Waals surface area contributed by atoms with Crippen molar-refractivity contribution in [2.24, 2.45) is 0 Å². The molecule has 126 valence electrons. The Morgan fingerprint density at radius 1 is 1.21 bits per heavy atom. The van der Waals surface area contributed by atoms with Crippen molar-refractivity contribution in [1.29, 1.82) is 0 Å². The fraction of sp³-hybridized carbons (Fsp3) is 0.438. The lowest BCUT2D eigenvalue weighted by atomic mass is 10.2. The van der Waals surface area contributed by atoms with Gasteiger partial charge in [0, 0.05) is 13.0 Å². The maximum Gasteiger partial charge on any atom is 0.265 e. The number of benzene rings is 1. The lowest BCUT2D eigenvalue weighted by molar-refractivity contribution is -0.121. The van der Waals surface area contributed by atoms with Crippen LogP contribution in [0.25, 0.3) is 0 Å². The normalized spacial score (nSPS) is 17.8. The second kappa shape index (κ2) is 6.58. The van der Waals surface area contributed by atoms with Gasteiger partial charge >= 0.3 is 0 Å². The first kappa shape index (κ1) is 15.1. The van der Waals surface area contributed by atoms with Crippen molar-refractivity contribution in [1.82, 2.24) is 15.0 Å². The molecule has 0 spiro atoms. The minimum Gasteiger partial charge on any atom is -0.482 e. The number of hydrogen-bond acceptors (Lipinski definition) is 6. The van der Waals surface area contributed by atoms with E-state index in [1.807, 2.05) is 30.5 Å². The van der Waals surface area contributed by atoms with Crippen molar-refractivity contribution in [3.8, 4) is 5.75 Å². The number of amides is 1. The second-order valence-corrected chi connectivity index (χ2v) is 5.67. The number of carbonyl (C=O) groups excluding carboxylic acids is 1. The predicted molar refractivity (Wildman–Crippen MR) is 83.5 cm³/mol. The topological polar surface area (TPSA) is 78.7 Å². The van der Waals surface area contributed by atoms with Crippen LogP contribution >= 0.6 is 0 Å². The Hall–Kier alpha value is -2.45. The summed E-state index contributed by atoms with van der Waals surface area (Å²) < 4.78 is 18.0. The van der Waals surface area contributed by atoms with Crippen molar-refractivity contribution in [2.75, 3.05) is 24.7 Å². The summed E-state index contributed by atoms with van der Waals surface area (Å²) in [5.41, 5.74) is 1.49. The third kappa shape index (κ3) is 3.10. The molecular weight excluding hydrogens is 312 g/mol. The highest BCUT2D eigenvalue weighted by molar-refractivity contribution is 5.97. The van der Waals surface area contributed by atoms with Gasteiger partial charge < -0.3 is 14.2 Å². The smallest absolute Gasteiger partial charge is 0.265 e. The lowest BCUT2D eigenvalue weighted by Crippen LogP contribution is -2.38. The number of aromatic nitrogens is 3. The van der Waals surface area contributed by atoms with Crippen LogP contribution in [-0.4, -0.2) is 47.0 Å². The number of hydrogen-bond donors (Lipinski definition) is 0. The zero-order valence-electron chi connectivity index (χ0n) is 13.1. The van der Waals surface area contributed by atoms with E-state index in [0.717, 1.165) is 17.8 Å². The molecule has 0 N–H and O–H groups in total. The van der Waals surface area contributed by atoms with E-state index in [4.69, 9.17) is 14.2 Å². The van der Waals surface area contributed by atoms with Crippen LogP contribution in [0.1, 0.15) is 12.1 Å². The second-order valence-electron chi connectivity index (χ2n) is 5.67. The van der Waals surface area contributed by atoms with Gasteiger partial charge in [-0.05, 0) is 12.1 Å². The summed E-state index contributed by atoms with van der Waals surface area (Å²) in [4.78, 5) is 13.9. The first-order valence-electron chi connectivity index (χ1n) is 7.94. The maximum absolute atomic E-state index is 12.2. The van der Waals surface area contributed by atoms with Gasteiger partial charge in [0.05, 0.1) is 31.6 Å². The maximum atomic E-state index is 12.2. The summed E-state index contributed by atoms with van der Waals surface area (Å²) >= 11 is 0. The van der Waals surface area contributed by atoms with E-state index in [-0.39, 0.29) is 18.8 Å². The average molecular weight is 330 g/mol. The molecule has 0 bridgehead atoms. The third-order valence-corrected chi connectivity index (χ3v) is 4.00. The van der Waals surface area contributed by atoms with Crippen LogP contribution in [0.2, 0.25) is 0 Å². The number of rotatable bonds is 5. The van der Waals surface area contributed by atoms with E-state index in [1.54, 1.807) is 9.58 Å². The molecular formula is C16H18N4O4. The molecule has 1 aromatic heterocycles. The van der Waals surface area contributed by atoms with Gasteiger partial charge in [-0.25, -0.2) is 0 Å². The Morgan fingerprint density at radius 2 is 2.04 bits per heavy atom. The van der Waals surface area contributed by atoms with Crippen LogP contribution in [0, 0.1) is 0 Å². The van der Waals surface area contributed by atoms with Crippen LogP contribution in [-0.2, 0) is 27.4 Å². The van der Waals surface area contributed by atoms with Gasteiger partial charge in [0.1, 0.15) is 11.4 Å². The monoisotopic (exact) mass is 330 g/mol. The molecule has 0 atom stereocenters. The Bertz CT molecular complexity index is 726. The summed E-state index contributed by atoms with van der Waals surface area (Å²) in [5, 5.41) is 8.27. The van der Waals surface area contributed by atoms with Crippen LogP contribution in [0.15, 0.2) is 30.5 Å². The first-order valence-corrected chi connectivity index (χ1v) is 7.94.